The maximum absolute atomic E-state index is 11.0. The van der Waals surface area contributed by atoms with Crippen molar-refractivity contribution >= 4 is 25.5 Å². The number of rotatable bonds is 3. The largest absolute Gasteiger partial charge is 0.497 e. The molecule has 0 atom stereocenters. The highest BCUT2D eigenvalue weighted by molar-refractivity contribution is 8.13. The van der Waals surface area contributed by atoms with E-state index in [9.17, 15) is 13.2 Å². The Bertz CT molecular complexity index is 497. The van der Waals surface area contributed by atoms with E-state index >= 15 is 0 Å². The summed E-state index contributed by atoms with van der Waals surface area (Å²) in [6.45, 7) is 1.27. The molecule has 15 heavy (non-hydrogen) atoms. The number of hydrogen-bond donors (Lipinski definition) is 0. The zero-order valence-corrected chi connectivity index (χ0v) is 9.59. The first kappa shape index (κ1) is 11.9. The SMILES string of the molecule is COc1cc(C(C)=O)nc(S(=O)(=O)Cl)c1. The van der Waals surface area contributed by atoms with Crippen molar-refractivity contribution in [3.8, 4) is 5.75 Å². The van der Waals surface area contributed by atoms with Gasteiger partial charge in [-0.3, -0.25) is 4.79 Å². The number of carbonyl (C=O) groups excluding carboxylic acids is 1. The van der Waals surface area contributed by atoms with Gasteiger partial charge >= 0.3 is 0 Å². The smallest absolute Gasteiger partial charge is 0.278 e. The average molecular weight is 250 g/mol. The van der Waals surface area contributed by atoms with Crippen molar-refractivity contribution in [2.24, 2.45) is 0 Å². The lowest BCUT2D eigenvalue weighted by molar-refractivity contribution is 0.101. The molecule has 1 aromatic rings. The first-order valence-corrected chi connectivity index (χ1v) is 6.17. The zero-order valence-electron chi connectivity index (χ0n) is 8.02. The van der Waals surface area contributed by atoms with E-state index in [-0.39, 0.29) is 17.2 Å². The van der Waals surface area contributed by atoms with Crippen LogP contribution in [0, 0.1) is 0 Å². The zero-order chi connectivity index (χ0) is 11.6. The molecule has 82 valence electrons. The maximum Gasteiger partial charge on any atom is 0.278 e. The minimum Gasteiger partial charge on any atom is -0.497 e. The predicted molar refractivity (Wildman–Crippen MR) is 53.8 cm³/mol. The van der Waals surface area contributed by atoms with E-state index in [1.54, 1.807) is 0 Å². The minimum absolute atomic E-state index is 0.00595. The van der Waals surface area contributed by atoms with Crippen molar-refractivity contribution in [1.82, 2.24) is 4.98 Å². The molecule has 0 aromatic carbocycles. The minimum atomic E-state index is -3.96. The molecule has 1 rings (SSSR count). The van der Waals surface area contributed by atoms with Gasteiger partial charge in [0.1, 0.15) is 11.4 Å². The lowest BCUT2D eigenvalue weighted by Gasteiger charge is -2.03. The Morgan fingerprint density at radius 2 is 2.07 bits per heavy atom. The normalized spacial score (nSPS) is 11.1. The third kappa shape index (κ3) is 2.90. The summed E-state index contributed by atoms with van der Waals surface area (Å²) in [6.07, 6.45) is 0. The summed E-state index contributed by atoms with van der Waals surface area (Å²) in [5.74, 6) is -0.148. The van der Waals surface area contributed by atoms with Gasteiger partial charge < -0.3 is 4.74 Å². The van der Waals surface area contributed by atoms with Crippen molar-refractivity contribution in [2.75, 3.05) is 7.11 Å². The van der Waals surface area contributed by atoms with Crippen molar-refractivity contribution in [3.63, 3.8) is 0 Å². The molecule has 0 amide bonds. The first-order chi connectivity index (χ1) is 6.84. The molecule has 0 radical (unpaired) electrons. The maximum atomic E-state index is 11.0. The Morgan fingerprint density at radius 1 is 1.47 bits per heavy atom. The first-order valence-electron chi connectivity index (χ1n) is 3.86. The average Bonchev–Trinajstić information content (AvgIpc) is 2.15. The molecule has 7 heteroatoms. The molecule has 0 fully saturated rings. The summed E-state index contributed by atoms with van der Waals surface area (Å²) in [5.41, 5.74) is -0.00595. The third-order valence-corrected chi connectivity index (χ3v) is 2.80. The topological polar surface area (TPSA) is 73.3 Å². The Kier molecular flexibility index (Phi) is 3.31. The molecular weight excluding hydrogens is 242 g/mol. The van der Waals surface area contributed by atoms with E-state index in [4.69, 9.17) is 15.4 Å². The number of Topliss-reactive ketones (excluding diaryl/α,β-unsaturated/α-hetero) is 1. The fourth-order valence-electron chi connectivity index (χ4n) is 0.904. The summed E-state index contributed by atoms with van der Waals surface area (Å²) in [5, 5.41) is -0.395. The van der Waals surface area contributed by atoms with E-state index in [0.717, 1.165) is 6.07 Å². The Hall–Kier alpha value is -1.14. The van der Waals surface area contributed by atoms with Crippen LogP contribution in [0.3, 0.4) is 0 Å². The molecule has 0 aliphatic rings. The fourth-order valence-corrected chi connectivity index (χ4v) is 1.61. The standard InChI is InChI=1S/C8H8ClNO4S/c1-5(11)7-3-6(14-2)4-8(10-7)15(9,12)13/h3-4H,1-2H3. The van der Waals surface area contributed by atoms with Gasteiger partial charge in [0.2, 0.25) is 0 Å². The molecule has 0 saturated heterocycles. The molecule has 5 nitrogen and oxygen atoms in total. The van der Waals surface area contributed by atoms with Crippen LogP contribution in [-0.2, 0) is 9.05 Å². The monoisotopic (exact) mass is 249 g/mol. The second kappa shape index (κ2) is 4.16. The van der Waals surface area contributed by atoms with Crippen LogP contribution in [0.15, 0.2) is 17.2 Å². The van der Waals surface area contributed by atoms with Crippen LogP contribution >= 0.6 is 10.7 Å². The molecule has 0 saturated carbocycles. The second-order valence-corrected chi connectivity index (χ2v) is 5.24. The highest BCUT2D eigenvalue weighted by atomic mass is 35.7. The highest BCUT2D eigenvalue weighted by Gasteiger charge is 2.16. The number of nitrogens with zero attached hydrogens (tertiary/aromatic N) is 1. The number of ketones is 1. The number of hydrogen-bond acceptors (Lipinski definition) is 5. The van der Waals surface area contributed by atoms with Crippen LogP contribution in [0.4, 0.5) is 0 Å². The highest BCUT2D eigenvalue weighted by Crippen LogP contribution is 2.20. The molecule has 0 spiro atoms. The quantitative estimate of drug-likeness (QED) is 0.595. The van der Waals surface area contributed by atoms with Gasteiger partial charge in [0, 0.05) is 29.7 Å². The van der Waals surface area contributed by atoms with Crippen LogP contribution in [-0.4, -0.2) is 26.3 Å². The summed E-state index contributed by atoms with van der Waals surface area (Å²) < 4.78 is 26.8. The fraction of sp³-hybridized carbons (Fsp3) is 0.250. The lowest BCUT2D eigenvalue weighted by Crippen LogP contribution is -2.03. The molecule has 0 unspecified atom stereocenters. The van der Waals surface area contributed by atoms with Crippen LogP contribution in [0.5, 0.6) is 5.75 Å². The van der Waals surface area contributed by atoms with Crippen LogP contribution in [0.25, 0.3) is 0 Å². The van der Waals surface area contributed by atoms with Crippen molar-refractivity contribution in [2.45, 2.75) is 11.9 Å². The van der Waals surface area contributed by atoms with E-state index in [2.05, 4.69) is 4.98 Å². The van der Waals surface area contributed by atoms with Gasteiger partial charge in [-0.25, -0.2) is 13.4 Å². The number of methoxy groups -OCH3 is 1. The summed E-state index contributed by atoms with van der Waals surface area (Å²) in [7, 11) is 2.50. The van der Waals surface area contributed by atoms with E-state index in [1.807, 2.05) is 0 Å². The van der Waals surface area contributed by atoms with Gasteiger partial charge in [-0.05, 0) is 0 Å². The molecule has 0 N–H and O–H groups in total. The van der Waals surface area contributed by atoms with Gasteiger partial charge in [-0.2, -0.15) is 0 Å². The van der Waals surface area contributed by atoms with E-state index in [0.29, 0.717) is 0 Å². The van der Waals surface area contributed by atoms with Gasteiger partial charge in [0.05, 0.1) is 7.11 Å². The van der Waals surface area contributed by atoms with Crippen LogP contribution in [0.1, 0.15) is 17.4 Å². The lowest BCUT2D eigenvalue weighted by atomic mass is 10.3. The number of ether oxygens (including phenoxy) is 1. The van der Waals surface area contributed by atoms with Gasteiger partial charge in [-0.1, -0.05) is 0 Å². The summed E-state index contributed by atoms with van der Waals surface area (Å²) >= 11 is 0. The van der Waals surface area contributed by atoms with Gasteiger partial charge in [0.15, 0.2) is 10.8 Å². The van der Waals surface area contributed by atoms with Gasteiger partial charge in [-0.15, -0.1) is 0 Å². The van der Waals surface area contributed by atoms with Crippen molar-refractivity contribution in [1.29, 1.82) is 0 Å². The van der Waals surface area contributed by atoms with Gasteiger partial charge in [0.25, 0.3) is 9.05 Å². The molecule has 0 aliphatic heterocycles. The number of carbonyl (C=O) groups is 1. The number of halogens is 1. The number of aromatic nitrogens is 1. The molecule has 0 aliphatic carbocycles. The van der Waals surface area contributed by atoms with Crippen molar-refractivity contribution < 1.29 is 17.9 Å². The Labute approximate surface area is 91.5 Å². The van der Waals surface area contributed by atoms with E-state index in [1.165, 1.54) is 20.1 Å². The third-order valence-electron chi connectivity index (χ3n) is 1.62. The molecular formula is C8H8ClNO4S. The Morgan fingerprint density at radius 3 is 2.47 bits per heavy atom. The Balaban J connectivity index is 3.43. The second-order valence-electron chi connectivity index (χ2n) is 2.72. The van der Waals surface area contributed by atoms with Crippen LogP contribution in [0.2, 0.25) is 0 Å². The summed E-state index contributed by atoms with van der Waals surface area (Å²) in [4.78, 5) is 14.6. The van der Waals surface area contributed by atoms with Crippen LogP contribution < -0.4 is 4.74 Å². The van der Waals surface area contributed by atoms with Crippen molar-refractivity contribution in [3.05, 3.63) is 17.8 Å². The molecule has 1 heterocycles. The van der Waals surface area contributed by atoms with E-state index < -0.39 is 14.1 Å². The predicted octanol–water partition coefficient (Wildman–Crippen LogP) is 1.22. The molecule has 1 aromatic heterocycles. The number of pyridine rings is 1. The molecule has 0 bridgehead atoms. The summed E-state index contributed by atoms with van der Waals surface area (Å²) in [6, 6.07) is 2.49.